The first-order valence-electron chi connectivity index (χ1n) is 11.5. The molecule has 0 N–H and O–H groups in total. The lowest BCUT2D eigenvalue weighted by molar-refractivity contribution is -0.156. The third-order valence-corrected chi connectivity index (χ3v) is 6.20. The van der Waals surface area contributed by atoms with Gasteiger partial charge in [0.2, 0.25) is 0 Å². The van der Waals surface area contributed by atoms with Crippen LogP contribution in [0.5, 0.6) is 0 Å². The largest absolute Gasteiger partial charge is 0.457 e. The van der Waals surface area contributed by atoms with Crippen LogP contribution in [0.25, 0.3) is 0 Å². The number of hydrogen-bond acceptors (Lipinski definition) is 2. The molecular formula is C25H40O2. The van der Waals surface area contributed by atoms with Crippen LogP contribution in [0.15, 0.2) is 24.3 Å². The van der Waals surface area contributed by atoms with Crippen molar-refractivity contribution in [3.63, 3.8) is 0 Å². The summed E-state index contributed by atoms with van der Waals surface area (Å²) in [5, 5.41) is 0. The molecule has 0 aliphatic heterocycles. The second-order valence-electron chi connectivity index (χ2n) is 8.39. The Bertz CT molecular complexity index is 526. The fourth-order valence-corrected chi connectivity index (χ4v) is 4.28. The second-order valence-corrected chi connectivity index (χ2v) is 8.39. The van der Waals surface area contributed by atoms with Gasteiger partial charge in [-0.2, -0.15) is 0 Å². The van der Waals surface area contributed by atoms with Crippen LogP contribution in [-0.4, -0.2) is 5.97 Å². The van der Waals surface area contributed by atoms with Crippen molar-refractivity contribution in [3.8, 4) is 0 Å². The van der Waals surface area contributed by atoms with Crippen molar-refractivity contribution in [2.75, 3.05) is 0 Å². The van der Waals surface area contributed by atoms with Gasteiger partial charge in [-0.3, -0.25) is 4.79 Å². The molecule has 1 unspecified atom stereocenters. The fraction of sp³-hybridized carbons (Fsp3) is 0.720. The maximum Gasteiger partial charge on any atom is 0.309 e. The molecule has 0 amide bonds. The minimum absolute atomic E-state index is 0.0304. The van der Waals surface area contributed by atoms with E-state index in [4.69, 9.17) is 4.74 Å². The molecule has 1 aromatic rings. The van der Waals surface area contributed by atoms with Crippen LogP contribution in [0.4, 0.5) is 0 Å². The Labute approximate surface area is 167 Å². The lowest BCUT2D eigenvalue weighted by atomic mass is 9.80. The number of aryl methyl sites for hydroxylation is 1. The number of esters is 1. The predicted octanol–water partition coefficient (Wildman–Crippen LogP) is 7.41. The number of carbonyl (C=O) groups is 1. The number of ether oxygens (including phenoxy) is 1. The molecule has 0 spiro atoms. The smallest absolute Gasteiger partial charge is 0.309 e. The van der Waals surface area contributed by atoms with E-state index < -0.39 is 0 Å². The lowest BCUT2D eigenvalue weighted by Gasteiger charge is -2.28. The molecule has 1 aliphatic rings. The molecule has 0 aromatic heterocycles. The molecule has 152 valence electrons. The average molecular weight is 373 g/mol. The molecular weight excluding hydrogens is 332 g/mol. The highest BCUT2D eigenvalue weighted by atomic mass is 16.5. The standard InChI is InChI=1S/C25H40O2/c1-4-7-9-11-21-12-16-22(17-13-21)24(6-3)27-25(26)23-18-14-20(15-19-23)10-8-5-2/h12-13,16-17,20,23-24H,4-11,14-15,18-19H2,1-3H3. The van der Waals surface area contributed by atoms with Gasteiger partial charge >= 0.3 is 5.97 Å². The van der Waals surface area contributed by atoms with E-state index in [9.17, 15) is 4.79 Å². The van der Waals surface area contributed by atoms with Crippen molar-refractivity contribution < 1.29 is 9.53 Å². The fourth-order valence-electron chi connectivity index (χ4n) is 4.28. The Morgan fingerprint density at radius 3 is 2.22 bits per heavy atom. The van der Waals surface area contributed by atoms with E-state index in [1.165, 1.54) is 56.9 Å². The summed E-state index contributed by atoms with van der Waals surface area (Å²) in [5.74, 6) is 0.976. The molecule has 1 aromatic carbocycles. The van der Waals surface area contributed by atoms with Crippen LogP contribution in [0.2, 0.25) is 0 Å². The maximum atomic E-state index is 12.7. The first kappa shape index (κ1) is 22.0. The summed E-state index contributed by atoms with van der Waals surface area (Å²) in [6.07, 6.45) is 14.0. The molecule has 2 rings (SSSR count). The van der Waals surface area contributed by atoms with Crippen molar-refractivity contribution in [2.24, 2.45) is 11.8 Å². The van der Waals surface area contributed by atoms with Crippen molar-refractivity contribution in [3.05, 3.63) is 35.4 Å². The zero-order valence-corrected chi connectivity index (χ0v) is 17.8. The van der Waals surface area contributed by atoms with E-state index >= 15 is 0 Å². The molecule has 0 radical (unpaired) electrons. The predicted molar refractivity (Wildman–Crippen MR) is 114 cm³/mol. The van der Waals surface area contributed by atoms with E-state index in [0.29, 0.717) is 0 Å². The van der Waals surface area contributed by atoms with Crippen LogP contribution in [-0.2, 0) is 16.0 Å². The molecule has 0 bridgehead atoms. The van der Waals surface area contributed by atoms with Gasteiger partial charge in [-0.1, -0.05) is 77.1 Å². The number of rotatable bonds is 11. The first-order chi connectivity index (χ1) is 13.2. The molecule has 0 saturated heterocycles. The van der Waals surface area contributed by atoms with Crippen LogP contribution in [0, 0.1) is 11.8 Å². The normalized spacial score (nSPS) is 21.0. The van der Waals surface area contributed by atoms with Gasteiger partial charge in [0.05, 0.1) is 5.92 Å². The number of benzene rings is 1. The molecule has 1 saturated carbocycles. The average Bonchev–Trinajstić information content (AvgIpc) is 2.71. The van der Waals surface area contributed by atoms with Crippen molar-refractivity contribution in [1.29, 1.82) is 0 Å². The molecule has 27 heavy (non-hydrogen) atoms. The Morgan fingerprint density at radius 1 is 0.963 bits per heavy atom. The zero-order chi connectivity index (χ0) is 19.5. The van der Waals surface area contributed by atoms with E-state index in [2.05, 4.69) is 45.0 Å². The maximum absolute atomic E-state index is 12.7. The topological polar surface area (TPSA) is 26.3 Å². The second kappa shape index (κ2) is 12.2. The molecule has 2 nitrogen and oxygen atoms in total. The van der Waals surface area contributed by atoms with Gasteiger partial charge in [0, 0.05) is 0 Å². The van der Waals surface area contributed by atoms with E-state index in [1.54, 1.807) is 0 Å². The van der Waals surface area contributed by atoms with Gasteiger partial charge in [-0.15, -0.1) is 0 Å². The quantitative estimate of drug-likeness (QED) is 0.298. The SMILES string of the molecule is CCCCCc1ccc(C(CC)OC(=O)C2CCC(CCCC)CC2)cc1. The Morgan fingerprint density at radius 2 is 1.63 bits per heavy atom. The summed E-state index contributed by atoms with van der Waals surface area (Å²) in [6.45, 7) is 6.60. The van der Waals surface area contributed by atoms with E-state index in [1.807, 2.05) is 0 Å². The Hall–Kier alpha value is -1.31. The number of hydrogen-bond donors (Lipinski definition) is 0. The zero-order valence-electron chi connectivity index (χ0n) is 17.8. The van der Waals surface area contributed by atoms with Crippen LogP contribution >= 0.6 is 0 Å². The summed E-state index contributed by atoms with van der Waals surface area (Å²) in [5.41, 5.74) is 2.53. The first-order valence-corrected chi connectivity index (χ1v) is 11.5. The summed E-state index contributed by atoms with van der Waals surface area (Å²) in [7, 11) is 0. The Kier molecular flexibility index (Phi) is 9.94. The van der Waals surface area contributed by atoms with Crippen molar-refractivity contribution in [2.45, 2.75) is 104 Å². The third-order valence-electron chi connectivity index (χ3n) is 6.20. The summed E-state index contributed by atoms with van der Waals surface area (Å²) >= 11 is 0. The molecule has 1 aliphatic carbocycles. The van der Waals surface area contributed by atoms with Gasteiger partial charge < -0.3 is 4.74 Å². The lowest BCUT2D eigenvalue weighted by Crippen LogP contribution is -2.25. The minimum atomic E-state index is -0.0972. The van der Waals surface area contributed by atoms with Crippen LogP contribution < -0.4 is 0 Å². The summed E-state index contributed by atoms with van der Waals surface area (Å²) in [6, 6.07) is 8.73. The molecule has 0 heterocycles. The highest BCUT2D eigenvalue weighted by Crippen LogP contribution is 2.34. The van der Waals surface area contributed by atoms with Gasteiger partial charge in [0.25, 0.3) is 0 Å². The number of carbonyl (C=O) groups excluding carboxylic acids is 1. The van der Waals surface area contributed by atoms with Crippen LogP contribution in [0.1, 0.15) is 109 Å². The molecule has 1 atom stereocenters. The molecule has 2 heteroatoms. The van der Waals surface area contributed by atoms with Gasteiger partial charge in [-0.25, -0.2) is 0 Å². The Balaban J connectivity index is 1.82. The minimum Gasteiger partial charge on any atom is -0.457 e. The summed E-state index contributed by atoms with van der Waals surface area (Å²) in [4.78, 5) is 12.7. The highest BCUT2D eigenvalue weighted by molar-refractivity contribution is 5.72. The van der Waals surface area contributed by atoms with E-state index in [-0.39, 0.29) is 18.0 Å². The monoisotopic (exact) mass is 372 g/mol. The van der Waals surface area contributed by atoms with Gasteiger partial charge in [-0.05, 0) is 62.0 Å². The third kappa shape index (κ3) is 7.31. The van der Waals surface area contributed by atoms with Crippen LogP contribution in [0.3, 0.4) is 0 Å². The van der Waals surface area contributed by atoms with Gasteiger partial charge in [0.1, 0.15) is 6.10 Å². The van der Waals surface area contributed by atoms with E-state index in [0.717, 1.165) is 37.2 Å². The van der Waals surface area contributed by atoms with Gasteiger partial charge in [0.15, 0.2) is 0 Å². The summed E-state index contributed by atoms with van der Waals surface area (Å²) < 4.78 is 5.94. The molecule has 1 fully saturated rings. The highest BCUT2D eigenvalue weighted by Gasteiger charge is 2.28. The van der Waals surface area contributed by atoms with Crippen molar-refractivity contribution >= 4 is 5.97 Å². The van der Waals surface area contributed by atoms with Crippen molar-refractivity contribution in [1.82, 2.24) is 0 Å². The number of unbranched alkanes of at least 4 members (excludes halogenated alkanes) is 3.